The van der Waals surface area contributed by atoms with Crippen LogP contribution in [0.2, 0.25) is 0 Å². The van der Waals surface area contributed by atoms with Gasteiger partial charge in [0.15, 0.2) is 0 Å². The zero-order chi connectivity index (χ0) is 23.9. The molecule has 0 saturated heterocycles. The van der Waals surface area contributed by atoms with E-state index in [1.165, 1.54) is 32.1 Å². The third kappa shape index (κ3) is 5.57. The van der Waals surface area contributed by atoms with Crippen LogP contribution in [0.4, 0.5) is 0 Å². The highest BCUT2D eigenvalue weighted by Gasteiger charge is 2.11. The van der Waals surface area contributed by atoms with Gasteiger partial charge in [-0.05, 0) is 67.1 Å². The van der Waals surface area contributed by atoms with Crippen LogP contribution in [0.3, 0.4) is 0 Å². The average Bonchev–Trinajstić information content (AvgIpc) is 3.57. The molecule has 0 unspecified atom stereocenters. The Labute approximate surface area is 209 Å². The number of para-hydroxylation sites is 1. The molecule has 0 bridgehead atoms. The largest absolute Gasteiger partial charge is 0.494 e. The van der Waals surface area contributed by atoms with Gasteiger partial charge in [-0.15, -0.1) is 15.3 Å². The smallest absolute Gasteiger partial charge is 0.148 e. The number of fused-ring (bicyclic) bond motifs is 1. The van der Waals surface area contributed by atoms with Crippen molar-refractivity contribution in [2.75, 3.05) is 6.61 Å². The van der Waals surface area contributed by atoms with E-state index in [9.17, 15) is 0 Å². The second kappa shape index (κ2) is 11.2. The van der Waals surface area contributed by atoms with E-state index in [1.54, 1.807) is 11.3 Å². The molecule has 0 amide bonds. The fourth-order valence-corrected chi connectivity index (χ4v) is 4.88. The van der Waals surface area contributed by atoms with Gasteiger partial charge in [0, 0.05) is 11.1 Å². The molecule has 178 valence electrons. The summed E-state index contributed by atoms with van der Waals surface area (Å²) in [5.41, 5.74) is 4.90. The van der Waals surface area contributed by atoms with Crippen LogP contribution in [0.25, 0.3) is 37.9 Å². The first-order chi connectivity index (χ1) is 17.3. The summed E-state index contributed by atoms with van der Waals surface area (Å²) in [5, 5.41) is 19.1. The topological polar surface area (TPSA) is 65.7 Å². The maximum atomic E-state index is 5.90. The highest BCUT2D eigenvalue weighted by Crippen LogP contribution is 2.31. The van der Waals surface area contributed by atoms with Crippen LogP contribution in [0.15, 0.2) is 72.8 Å². The molecule has 35 heavy (non-hydrogen) atoms. The fraction of sp³-hybridized carbons (Fsp3) is 0.286. The predicted molar refractivity (Wildman–Crippen MR) is 142 cm³/mol. The minimum absolute atomic E-state index is 0.773. The molecule has 0 aliphatic rings. The number of hydrogen-bond acceptors (Lipinski definition) is 6. The third-order valence-corrected chi connectivity index (χ3v) is 7.02. The molecule has 0 radical (unpaired) electrons. The van der Waals surface area contributed by atoms with E-state index in [4.69, 9.17) is 4.74 Å². The van der Waals surface area contributed by atoms with Gasteiger partial charge in [-0.1, -0.05) is 67.7 Å². The van der Waals surface area contributed by atoms with Crippen molar-refractivity contribution in [2.24, 2.45) is 0 Å². The summed E-state index contributed by atoms with van der Waals surface area (Å²) < 4.78 is 7.75. The number of ether oxygens (including phenoxy) is 1. The molecule has 0 aliphatic heterocycles. The summed E-state index contributed by atoms with van der Waals surface area (Å²) in [4.78, 5) is 0. The predicted octanol–water partition coefficient (Wildman–Crippen LogP) is 7.35. The standard InChI is InChI=1S/C28H29N5OS/c1-2-3-4-5-6-9-20-34-24-18-14-22(15-19-24)28-31-30-27(35-28)21-12-16-23(17-13-21)33-26-11-8-7-10-25(26)29-32-33/h7-8,10-19H,2-6,9,20H2,1H3. The van der Waals surface area contributed by atoms with Crippen molar-refractivity contribution in [2.45, 2.75) is 45.4 Å². The van der Waals surface area contributed by atoms with E-state index >= 15 is 0 Å². The van der Waals surface area contributed by atoms with Gasteiger partial charge in [-0.2, -0.15) is 0 Å². The monoisotopic (exact) mass is 483 g/mol. The number of aromatic nitrogens is 5. The molecule has 0 fully saturated rings. The Hall–Kier alpha value is -3.58. The first kappa shape index (κ1) is 23.2. The Morgan fingerprint density at radius 2 is 1.37 bits per heavy atom. The second-order valence-electron chi connectivity index (χ2n) is 8.59. The van der Waals surface area contributed by atoms with E-state index in [0.717, 1.165) is 56.6 Å². The van der Waals surface area contributed by atoms with Gasteiger partial charge in [0.25, 0.3) is 0 Å². The Bertz CT molecular complexity index is 1360. The molecular formula is C28H29N5OS. The number of unbranched alkanes of at least 4 members (excludes halogenated alkanes) is 5. The van der Waals surface area contributed by atoms with E-state index in [2.05, 4.69) is 51.7 Å². The minimum Gasteiger partial charge on any atom is -0.494 e. The second-order valence-corrected chi connectivity index (χ2v) is 9.57. The normalized spacial score (nSPS) is 11.2. The summed E-state index contributed by atoms with van der Waals surface area (Å²) in [5.74, 6) is 0.906. The number of rotatable bonds is 11. The molecule has 2 aromatic heterocycles. The summed E-state index contributed by atoms with van der Waals surface area (Å²) in [6.07, 6.45) is 7.60. The summed E-state index contributed by atoms with van der Waals surface area (Å²) in [7, 11) is 0. The van der Waals surface area contributed by atoms with Crippen LogP contribution in [0.1, 0.15) is 45.4 Å². The van der Waals surface area contributed by atoms with Gasteiger partial charge in [0.05, 0.1) is 17.8 Å². The average molecular weight is 484 g/mol. The van der Waals surface area contributed by atoms with E-state index in [0.29, 0.717) is 0 Å². The first-order valence-electron chi connectivity index (χ1n) is 12.3. The van der Waals surface area contributed by atoms with E-state index < -0.39 is 0 Å². The molecule has 0 atom stereocenters. The van der Waals surface area contributed by atoms with Crippen molar-refractivity contribution in [1.82, 2.24) is 25.2 Å². The molecule has 0 aliphatic carbocycles. The third-order valence-electron chi connectivity index (χ3n) is 6.00. The maximum Gasteiger partial charge on any atom is 0.148 e. The fourth-order valence-electron chi connectivity index (χ4n) is 4.03. The van der Waals surface area contributed by atoms with Crippen LogP contribution >= 0.6 is 11.3 Å². The molecule has 5 aromatic rings. The summed E-state index contributed by atoms with van der Waals surface area (Å²) in [6.45, 7) is 3.02. The highest BCUT2D eigenvalue weighted by molar-refractivity contribution is 7.17. The lowest BCUT2D eigenvalue weighted by Gasteiger charge is -2.06. The minimum atomic E-state index is 0.773. The van der Waals surface area contributed by atoms with Crippen molar-refractivity contribution in [1.29, 1.82) is 0 Å². The van der Waals surface area contributed by atoms with Gasteiger partial charge in [-0.3, -0.25) is 0 Å². The van der Waals surface area contributed by atoms with Crippen LogP contribution in [0, 0.1) is 0 Å². The summed E-state index contributed by atoms with van der Waals surface area (Å²) >= 11 is 1.58. The maximum absolute atomic E-state index is 5.90. The van der Waals surface area contributed by atoms with Crippen molar-refractivity contribution in [3.8, 4) is 32.6 Å². The number of nitrogens with zero attached hydrogens (tertiary/aromatic N) is 5. The molecule has 0 spiro atoms. The lowest BCUT2D eigenvalue weighted by molar-refractivity contribution is 0.304. The van der Waals surface area contributed by atoms with Crippen molar-refractivity contribution in [3.63, 3.8) is 0 Å². The molecule has 0 N–H and O–H groups in total. The van der Waals surface area contributed by atoms with Crippen LogP contribution in [0.5, 0.6) is 5.75 Å². The van der Waals surface area contributed by atoms with Crippen LogP contribution < -0.4 is 4.74 Å². The Morgan fingerprint density at radius 3 is 2.11 bits per heavy atom. The van der Waals surface area contributed by atoms with E-state index in [-0.39, 0.29) is 0 Å². The van der Waals surface area contributed by atoms with Crippen LogP contribution in [-0.4, -0.2) is 31.8 Å². The van der Waals surface area contributed by atoms with Gasteiger partial charge >= 0.3 is 0 Å². The van der Waals surface area contributed by atoms with Crippen LogP contribution in [-0.2, 0) is 0 Å². The zero-order valence-electron chi connectivity index (χ0n) is 19.9. The molecule has 5 rings (SSSR count). The Balaban J connectivity index is 1.20. The van der Waals surface area contributed by atoms with Crippen molar-refractivity contribution < 1.29 is 4.74 Å². The number of benzene rings is 3. The van der Waals surface area contributed by atoms with Gasteiger partial charge in [0.1, 0.15) is 21.3 Å². The Kier molecular flexibility index (Phi) is 7.44. The SMILES string of the molecule is CCCCCCCCOc1ccc(-c2nnc(-c3ccc(-n4nnc5ccccc54)cc3)s2)cc1. The summed E-state index contributed by atoms with van der Waals surface area (Å²) in [6, 6.07) is 24.3. The molecular weight excluding hydrogens is 454 g/mol. The van der Waals surface area contributed by atoms with Crippen molar-refractivity contribution >= 4 is 22.4 Å². The Morgan fingerprint density at radius 1 is 0.714 bits per heavy atom. The highest BCUT2D eigenvalue weighted by atomic mass is 32.1. The number of hydrogen-bond donors (Lipinski definition) is 0. The lowest BCUT2D eigenvalue weighted by atomic mass is 10.1. The van der Waals surface area contributed by atoms with Crippen molar-refractivity contribution in [3.05, 3.63) is 72.8 Å². The molecule has 0 saturated carbocycles. The van der Waals surface area contributed by atoms with E-state index in [1.807, 2.05) is 53.2 Å². The van der Waals surface area contributed by atoms with Gasteiger partial charge in [-0.25, -0.2) is 4.68 Å². The molecule has 6 nitrogen and oxygen atoms in total. The molecule has 3 aromatic carbocycles. The molecule has 7 heteroatoms. The van der Waals surface area contributed by atoms with Gasteiger partial charge in [0.2, 0.25) is 0 Å². The zero-order valence-corrected chi connectivity index (χ0v) is 20.7. The molecule has 2 heterocycles. The first-order valence-corrected chi connectivity index (χ1v) is 13.1. The quantitative estimate of drug-likeness (QED) is 0.184. The van der Waals surface area contributed by atoms with Gasteiger partial charge < -0.3 is 4.74 Å². The lowest BCUT2D eigenvalue weighted by Crippen LogP contribution is -1.97.